The van der Waals surface area contributed by atoms with Gasteiger partial charge in [0.1, 0.15) is 17.4 Å². The maximum Gasteiger partial charge on any atom is 0.328 e. The van der Waals surface area contributed by atoms with E-state index in [2.05, 4.69) is 4.98 Å². The molecule has 33 heavy (non-hydrogen) atoms. The lowest BCUT2D eigenvalue weighted by atomic mass is 10.1. The van der Waals surface area contributed by atoms with E-state index in [1.165, 1.54) is 67.1 Å². The fourth-order valence-corrected chi connectivity index (χ4v) is 3.63. The predicted molar refractivity (Wildman–Crippen MR) is 114 cm³/mol. The van der Waals surface area contributed by atoms with Crippen LogP contribution in [0.4, 0.5) is 23.4 Å². The second kappa shape index (κ2) is 7.77. The molecule has 5 rings (SSSR count). The molecule has 9 heteroatoms. The molecule has 1 aliphatic rings. The lowest BCUT2D eigenvalue weighted by Crippen LogP contribution is -2.23. The van der Waals surface area contributed by atoms with Crippen LogP contribution in [0.15, 0.2) is 78.0 Å². The van der Waals surface area contributed by atoms with Gasteiger partial charge in [0, 0.05) is 47.5 Å². The topological polar surface area (TPSA) is 56.2 Å². The smallest absolute Gasteiger partial charge is 0.328 e. The molecule has 2 aromatic carbocycles. The predicted octanol–water partition coefficient (Wildman–Crippen LogP) is 5.53. The van der Waals surface area contributed by atoms with Gasteiger partial charge in [0.05, 0.1) is 6.42 Å². The maximum atomic E-state index is 14.9. The summed E-state index contributed by atoms with van der Waals surface area (Å²) in [7, 11) is 0. The van der Waals surface area contributed by atoms with Crippen LogP contribution in [0.5, 0.6) is 11.5 Å². The molecule has 1 N–H and O–H groups in total. The zero-order chi connectivity index (χ0) is 23.2. The molecule has 0 bridgehead atoms. The Bertz CT molecular complexity index is 1420. The van der Waals surface area contributed by atoms with Gasteiger partial charge < -0.3 is 14.6 Å². The van der Waals surface area contributed by atoms with E-state index < -0.39 is 24.1 Å². The summed E-state index contributed by atoms with van der Waals surface area (Å²) in [5.74, 6) is -1.22. The Morgan fingerprint density at radius 3 is 2.55 bits per heavy atom. The van der Waals surface area contributed by atoms with Crippen LogP contribution < -0.4 is 15.5 Å². The van der Waals surface area contributed by atoms with E-state index >= 15 is 0 Å². The molecule has 1 aliphatic heterocycles. The van der Waals surface area contributed by atoms with E-state index in [-0.39, 0.29) is 28.3 Å². The molecular formula is C24H15F4N3O2. The van der Waals surface area contributed by atoms with Gasteiger partial charge in [-0.25, -0.2) is 13.8 Å². The number of pyridine rings is 2. The van der Waals surface area contributed by atoms with Gasteiger partial charge in [-0.1, -0.05) is 12.1 Å². The lowest BCUT2D eigenvalue weighted by Gasteiger charge is -2.13. The van der Waals surface area contributed by atoms with E-state index in [9.17, 15) is 22.4 Å². The summed E-state index contributed by atoms with van der Waals surface area (Å²) >= 11 is 0. The van der Waals surface area contributed by atoms with E-state index in [0.717, 1.165) is 0 Å². The molecule has 0 fully saturated rings. The first kappa shape index (κ1) is 20.7. The Hall–Kier alpha value is -4.14. The molecule has 0 saturated carbocycles. The number of nitrogens with zero attached hydrogens (tertiary/aromatic N) is 2. The number of hydrogen-bond donors (Lipinski definition) is 1. The molecular weight excluding hydrogens is 438 g/mol. The van der Waals surface area contributed by atoms with E-state index in [1.54, 1.807) is 10.6 Å². The third-order valence-electron chi connectivity index (χ3n) is 5.22. The Morgan fingerprint density at radius 1 is 1.00 bits per heavy atom. The number of alkyl halides is 2. The molecule has 3 heterocycles. The molecule has 5 nitrogen and oxygen atoms in total. The van der Waals surface area contributed by atoms with E-state index in [4.69, 9.17) is 4.74 Å². The van der Waals surface area contributed by atoms with Crippen LogP contribution in [0.25, 0.3) is 16.8 Å². The summed E-state index contributed by atoms with van der Waals surface area (Å²) < 4.78 is 62.5. The number of nitrogens with one attached hydrogen (secondary N) is 1. The van der Waals surface area contributed by atoms with Crippen molar-refractivity contribution in [1.82, 2.24) is 9.55 Å². The van der Waals surface area contributed by atoms with Crippen molar-refractivity contribution in [2.45, 2.75) is 12.5 Å². The minimum absolute atomic E-state index is 0.00360. The molecule has 0 amide bonds. The van der Waals surface area contributed by atoms with Crippen molar-refractivity contribution in [2.75, 3.05) is 5.32 Å². The first-order valence-corrected chi connectivity index (χ1v) is 9.89. The van der Waals surface area contributed by atoms with Gasteiger partial charge in [-0.3, -0.25) is 4.79 Å². The molecule has 0 spiro atoms. The highest BCUT2D eigenvalue weighted by molar-refractivity contribution is 5.63. The first-order valence-electron chi connectivity index (χ1n) is 9.89. The number of rotatable bonds is 4. The highest BCUT2D eigenvalue weighted by Crippen LogP contribution is 2.40. The maximum absolute atomic E-state index is 14.9. The van der Waals surface area contributed by atoms with Gasteiger partial charge >= 0.3 is 6.05 Å². The largest absolute Gasteiger partial charge is 0.454 e. The highest BCUT2D eigenvalue weighted by atomic mass is 19.3. The van der Waals surface area contributed by atoms with Crippen LogP contribution in [-0.4, -0.2) is 15.6 Å². The number of ether oxygens (including phenoxy) is 1. The SMILES string of the molecule is O=c1ccn(-c2ccc(Oc3ccnc4c3CC(F)(F)N4)c(F)c2)cc1-c1ccc(F)cc1. The van der Waals surface area contributed by atoms with E-state index in [1.807, 2.05) is 5.32 Å². The van der Waals surface area contributed by atoms with Crippen LogP contribution in [0.2, 0.25) is 0 Å². The summed E-state index contributed by atoms with van der Waals surface area (Å²) in [4.78, 5) is 16.2. The van der Waals surface area contributed by atoms with Gasteiger partial charge in [-0.15, -0.1) is 0 Å². The number of aromatic nitrogens is 2. The quantitative estimate of drug-likeness (QED) is 0.326. The Balaban J connectivity index is 1.45. The molecule has 0 saturated heterocycles. The fraction of sp³-hybridized carbons (Fsp3) is 0.0833. The summed E-state index contributed by atoms with van der Waals surface area (Å²) in [5, 5.41) is 2.00. The van der Waals surface area contributed by atoms with Crippen LogP contribution in [0, 0.1) is 11.6 Å². The van der Waals surface area contributed by atoms with Crippen molar-refractivity contribution >= 4 is 5.82 Å². The van der Waals surface area contributed by atoms with Crippen molar-refractivity contribution in [3.63, 3.8) is 0 Å². The average Bonchev–Trinajstić information content (AvgIpc) is 3.11. The van der Waals surface area contributed by atoms with Gasteiger partial charge in [0.25, 0.3) is 0 Å². The summed E-state index contributed by atoms with van der Waals surface area (Å²) in [6, 6.07) is 9.17. The molecule has 0 radical (unpaired) electrons. The summed E-state index contributed by atoms with van der Waals surface area (Å²) in [6.07, 6.45) is 3.68. The highest BCUT2D eigenvalue weighted by Gasteiger charge is 2.39. The van der Waals surface area contributed by atoms with Gasteiger partial charge in [-0.05, 0) is 35.9 Å². The summed E-state index contributed by atoms with van der Waals surface area (Å²) in [5.41, 5.74) is 1.13. The summed E-state index contributed by atoms with van der Waals surface area (Å²) in [6.45, 7) is 0. The number of fused-ring (bicyclic) bond motifs is 1. The fourth-order valence-electron chi connectivity index (χ4n) is 3.63. The third kappa shape index (κ3) is 4.05. The Morgan fingerprint density at radius 2 is 1.79 bits per heavy atom. The van der Waals surface area contributed by atoms with Crippen molar-refractivity contribution in [2.24, 2.45) is 0 Å². The van der Waals surface area contributed by atoms with Crippen molar-refractivity contribution < 1.29 is 22.3 Å². The molecule has 0 atom stereocenters. The van der Waals surface area contributed by atoms with E-state index in [0.29, 0.717) is 16.8 Å². The van der Waals surface area contributed by atoms with Gasteiger partial charge in [0.2, 0.25) is 0 Å². The zero-order valence-electron chi connectivity index (χ0n) is 16.9. The standard InChI is InChI=1S/C24H15F4N3O2/c25-15-3-1-14(2-4-15)18-13-31(10-8-20(18)32)16-5-6-22(19(26)11-16)33-21-7-9-29-23-17(21)12-24(27,28)30-23/h1-11,13H,12H2,(H,29,30). The number of anilines is 1. The third-order valence-corrected chi connectivity index (χ3v) is 5.22. The minimum atomic E-state index is -3.15. The molecule has 2 aromatic heterocycles. The van der Waals surface area contributed by atoms with Crippen molar-refractivity contribution in [3.05, 3.63) is 101 Å². The van der Waals surface area contributed by atoms with Crippen LogP contribution in [-0.2, 0) is 6.42 Å². The molecule has 0 aliphatic carbocycles. The number of halogens is 4. The van der Waals surface area contributed by atoms with Crippen molar-refractivity contribution in [1.29, 1.82) is 0 Å². The van der Waals surface area contributed by atoms with Gasteiger partial charge in [0.15, 0.2) is 17.0 Å². The Labute approximate surface area is 184 Å². The first-order chi connectivity index (χ1) is 15.8. The zero-order valence-corrected chi connectivity index (χ0v) is 16.9. The Kier molecular flexibility index (Phi) is 4.88. The second-order valence-corrected chi connectivity index (χ2v) is 7.50. The lowest BCUT2D eigenvalue weighted by molar-refractivity contribution is 0.0405. The molecule has 166 valence electrons. The van der Waals surface area contributed by atoms with Crippen molar-refractivity contribution in [3.8, 4) is 28.3 Å². The normalized spacial score (nSPS) is 13.9. The van der Waals surface area contributed by atoms with Crippen LogP contribution >= 0.6 is 0 Å². The second-order valence-electron chi connectivity index (χ2n) is 7.50. The van der Waals surface area contributed by atoms with Crippen LogP contribution in [0.1, 0.15) is 5.56 Å². The number of benzene rings is 2. The monoisotopic (exact) mass is 453 g/mol. The molecule has 4 aromatic rings. The van der Waals surface area contributed by atoms with Gasteiger partial charge in [-0.2, -0.15) is 8.78 Å². The molecule has 0 unspecified atom stereocenters. The number of hydrogen-bond acceptors (Lipinski definition) is 4. The average molecular weight is 453 g/mol. The minimum Gasteiger partial charge on any atom is -0.454 e. The van der Waals surface area contributed by atoms with Crippen LogP contribution in [0.3, 0.4) is 0 Å².